The number of ether oxygens (including phenoxy) is 1. The first kappa shape index (κ1) is 12.7. The number of nitrogens with zero attached hydrogens (tertiary/aromatic N) is 2. The average molecular weight is 252 g/mol. The minimum Gasteiger partial charge on any atom is -0.376 e. The molecule has 0 amide bonds. The van der Waals surface area contributed by atoms with E-state index in [4.69, 9.17) is 10.5 Å². The van der Waals surface area contributed by atoms with Gasteiger partial charge >= 0.3 is 5.69 Å². The highest BCUT2D eigenvalue weighted by Crippen LogP contribution is 2.29. The van der Waals surface area contributed by atoms with Crippen molar-refractivity contribution < 1.29 is 9.66 Å². The maximum Gasteiger partial charge on any atom is 0.311 e. The highest BCUT2D eigenvalue weighted by atomic mass is 16.6. The first-order valence-corrected chi connectivity index (χ1v) is 5.86. The molecule has 0 radical (unpaired) electrons. The molecule has 1 aliphatic rings. The zero-order chi connectivity index (χ0) is 13.1. The van der Waals surface area contributed by atoms with Gasteiger partial charge in [-0.05, 0) is 19.4 Å². The van der Waals surface area contributed by atoms with Crippen molar-refractivity contribution in [1.82, 2.24) is 4.98 Å². The van der Waals surface area contributed by atoms with Crippen LogP contribution in [0.1, 0.15) is 13.3 Å². The second-order valence-electron chi connectivity index (χ2n) is 4.19. The summed E-state index contributed by atoms with van der Waals surface area (Å²) >= 11 is 0. The van der Waals surface area contributed by atoms with Crippen LogP contribution in [-0.4, -0.2) is 34.7 Å². The number of anilines is 1. The molecule has 18 heavy (non-hydrogen) atoms. The molecule has 2 rings (SSSR count). The summed E-state index contributed by atoms with van der Waals surface area (Å²) in [5.74, 6) is 0.243. The molecule has 3 atom stereocenters. The van der Waals surface area contributed by atoms with Crippen LogP contribution in [0.3, 0.4) is 0 Å². The maximum absolute atomic E-state index is 10.9. The molecular weight excluding hydrogens is 236 g/mol. The van der Waals surface area contributed by atoms with Crippen LogP contribution in [-0.2, 0) is 4.74 Å². The number of nitrogens with two attached hydrogens (primary N) is 1. The molecule has 1 aromatic heterocycles. The largest absolute Gasteiger partial charge is 0.376 e. The van der Waals surface area contributed by atoms with Crippen molar-refractivity contribution in [2.24, 2.45) is 5.73 Å². The molecule has 3 unspecified atom stereocenters. The van der Waals surface area contributed by atoms with Crippen LogP contribution in [0.2, 0.25) is 0 Å². The van der Waals surface area contributed by atoms with Gasteiger partial charge in [0.2, 0.25) is 5.82 Å². The summed E-state index contributed by atoms with van der Waals surface area (Å²) in [5.41, 5.74) is 5.83. The summed E-state index contributed by atoms with van der Waals surface area (Å²) in [6, 6.07) is 2.75. The van der Waals surface area contributed by atoms with E-state index in [9.17, 15) is 10.1 Å². The lowest BCUT2D eigenvalue weighted by Gasteiger charge is -2.42. The van der Waals surface area contributed by atoms with E-state index in [1.165, 1.54) is 18.3 Å². The highest BCUT2D eigenvalue weighted by Gasteiger charge is 2.40. The van der Waals surface area contributed by atoms with Crippen molar-refractivity contribution in [3.63, 3.8) is 0 Å². The Bertz CT molecular complexity index is 438. The van der Waals surface area contributed by atoms with Crippen LogP contribution < -0.4 is 11.1 Å². The second-order valence-corrected chi connectivity index (χ2v) is 4.19. The normalized spacial score (nSPS) is 26.4. The van der Waals surface area contributed by atoms with Crippen molar-refractivity contribution in [3.05, 3.63) is 28.4 Å². The van der Waals surface area contributed by atoms with E-state index in [2.05, 4.69) is 10.3 Å². The van der Waals surface area contributed by atoms with Crippen molar-refractivity contribution in [2.45, 2.75) is 31.5 Å². The predicted molar refractivity (Wildman–Crippen MR) is 66.3 cm³/mol. The molecular formula is C11H16N4O3. The average Bonchev–Trinajstić information content (AvgIpc) is 2.36. The first-order valence-electron chi connectivity index (χ1n) is 5.86. The van der Waals surface area contributed by atoms with Gasteiger partial charge in [-0.2, -0.15) is 0 Å². The molecule has 98 valence electrons. The number of hydrogen-bond acceptors (Lipinski definition) is 6. The molecule has 1 saturated carbocycles. The van der Waals surface area contributed by atoms with Crippen molar-refractivity contribution in [3.8, 4) is 0 Å². The SMILES string of the molecule is CCOC1CC(N)C1Nc1ncccc1[N+](=O)[O-]. The summed E-state index contributed by atoms with van der Waals surface area (Å²) in [7, 11) is 0. The standard InChI is InChI=1S/C11H16N4O3/c1-2-18-9-6-7(12)10(9)14-11-8(15(16)17)4-3-5-13-11/h3-5,7,9-10H,2,6,12H2,1H3,(H,13,14). The van der Waals surface area contributed by atoms with Crippen LogP contribution in [0.15, 0.2) is 18.3 Å². The van der Waals surface area contributed by atoms with Gasteiger partial charge in [-0.3, -0.25) is 10.1 Å². The third kappa shape index (κ3) is 2.41. The molecule has 0 spiro atoms. The molecule has 7 nitrogen and oxygen atoms in total. The fourth-order valence-electron chi connectivity index (χ4n) is 2.04. The molecule has 0 saturated heterocycles. The summed E-state index contributed by atoms with van der Waals surface area (Å²) in [4.78, 5) is 14.4. The molecule has 0 aromatic carbocycles. The van der Waals surface area contributed by atoms with E-state index in [1.54, 1.807) is 0 Å². The fraction of sp³-hybridized carbons (Fsp3) is 0.545. The molecule has 3 N–H and O–H groups in total. The van der Waals surface area contributed by atoms with Crippen LogP contribution in [0.4, 0.5) is 11.5 Å². The van der Waals surface area contributed by atoms with Gasteiger partial charge in [0.05, 0.1) is 17.1 Å². The maximum atomic E-state index is 10.9. The zero-order valence-electron chi connectivity index (χ0n) is 10.1. The molecule has 7 heteroatoms. The van der Waals surface area contributed by atoms with Gasteiger partial charge in [-0.1, -0.05) is 0 Å². The van der Waals surface area contributed by atoms with Crippen molar-refractivity contribution >= 4 is 11.5 Å². The highest BCUT2D eigenvalue weighted by molar-refractivity contribution is 5.56. The van der Waals surface area contributed by atoms with Crippen LogP contribution >= 0.6 is 0 Å². The third-order valence-electron chi connectivity index (χ3n) is 3.03. The molecule has 1 aliphatic carbocycles. The van der Waals surface area contributed by atoms with Gasteiger partial charge in [-0.15, -0.1) is 0 Å². The lowest BCUT2D eigenvalue weighted by Crippen LogP contribution is -2.60. The molecule has 1 fully saturated rings. The Balaban J connectivity index is 2.11. The number of nitro groups is 1. The quantitative estimate of drug-likeness (QED) is 0.596. The molecule has 0 bridgehead atoms. The Morgan fingerprint density at radius 1 is 1.72 bits per heavy atom. The molecule has 1 aromatic rings. The predicted octanol–water partition coefficient (Wildman–Crippen LogP) is 0.906. The van der Waals surface area contributed by atoms with Crippen molar-refractivity contribution in [1.29, 1.82) is 0 Å². The number of pyridine rings is 1. The number of nitrogens with one attached hydrogen (secondary N) is 1. The Morgan fingerprint density at radius 3 is 3.11 bits per heavy atom. The van der Waals surface area contributed by atoms with E-state index in [-0.39, 0.29) is 29.7 Å². The Kier molecular flexibility index (Phi) is 3.73. The van der Waals surface area contributed by atoms with Gasteiger partial charge in [-0.25, -0.2) is 4.98 Å². The van der Waals surface area contributed by atoms with Gasteiger partial charge in [0, 0.05) is 24.9 Å². The molecule has 0 aliphatic heterocycles. The fourth-order valence-corrected chi connectivity index (χ4v) is 2.04. The summed E-state index contributed by atoms with van der Waals surface area (Å²) < 4.78 is 5.49. The van der Waals surface area contributed by atoms with E-state index in [1.807, 2.05) is 6.92 Å². The van der Waals surface area contributed by atoms with E-state index < -0.39 is 4.92 Å². The van der Waals surface area contributed by atoms with Gasteiger partial charge in [0.25, 0.3) is 0 Å². The minimum atomic E-state index is -0.463. The lowest BCUT2D eigenvalue weighted by molar-refractivity contribution is -0.384. The number of hydrogen-bond donors (Lipinski definition) is 2. The Morgan fingerprint density at radius 2 is 2.50 bits per heavy atom. The van der Waals surface area contributed by atoms with Gasteiger partial charge < -0.3 is 15.8 Å². The van der Waals surface area contributed by atoms with E-state index >= 15 is 0 Å². The Hall–Kier alpha value is -1.73. The van der Waals surface area contributed by atoms with Crippen LogP contribution in [0.5, 0.6) is 0 Å². The molecule has 1 heterocycles. The first-order chi connectivity index (χ1) is 8.63. The summed E-state index contributed by atoms with van der Waals surface area (Å²) in [6.07, 6.45) is 2.26. The smallest absolute Gasteiger partial charge is 0.311 e. The van der Waals surface area contributed by atoms with E-state index in [0.717, 1.165) is 6.42 Å². The van der Waals surface area contributed by atoms with Gasteiger partial charge in [0.15, 0.2) is 0 Å². The summed E-state index contributed by atoms with van der Waals surface area (Å²) in [5, 5.41) is 13.9. The number of aromatic nitrogens is 1. The minimum absolute atomic E-state index is 0.00777. The van der Waals surface area contributed by atoms with Crippen LogP contribution in [0.25, 0.3) is 0 Å². The second kappa shape index (κ2) is 5.28. The Labute approximate surface area is 104 Å². The van der Waals surface area contributed by atoms with Crippen molar-refractivity contribution in [2.75, 3.05) is 11.9 Å². The van der Waals surface area contributed by atoms with Gasteiger partial charge in [0.1, 0.15) is 0 Å². The van der Waals surface area contributed by atoms with E-state index in [0.29, 0.717) is 6.61 Å². The monoisotopic (exact) mass is 252 g/mol. The third-order valence-corrected chi connectivity index (χ3v) is 3.03. The number of rotatable bonds is 5. The topological polar surface area (TPSA) is 103 Å². The lowest BCUT2D eigenvalue weighted by atomic mass is 9.83. The summed E-state index contributed by atoms with van der Waals surface area (Å²) in [6.45, 7) is 2.50. The van der Waals surface area contributed by atoms with Crippen LogP contribution in [0, 0.1) is 10.1 Å². The zero-order valence-corrected chi connectivity index (χ0v) is 10.1.